The minimum atomic E-state index is -0.403. The third-order valence-electron chi connectivity index (χ3n) is 4.00. The van der Waals surface area contributed by atoms with E-state index in [9.17, 15) is 9.59 Å². The third kappa shape index (κ3) is 3.30. The van der Waals surface area contributed by atoms with Crippen LogP contribution in [-0.2, 0) is 4.74 Å². The number of rotatable bonds is 3. The first kappa shape index (κ1) is 16.2. The van der Waals surface area contributed by atoms with Crippen LogP contribution in [0.3, 0.4) is 0 Å². The fourth-order valence-corrected chi connectivity index (χ4v) is 2.69. The number of aromatic nitrogens is 2. The van der Waals surface area contributed by atoms with Crippen LogP contribution in [0, 0.1) is 13.8 Å². The summed E-state index contributed by atoms with van der Waals surface area (Å²) in [6.07, 6.45) is 1.37. The molecule has 1 fully saturated rings. The molecule has 7 nitrogen and oxygen atoms in total. The molecule has 0 bridgehead atoms. The van der Waals surface area contributed by atoms with Crippen LogP contribution in [0.4, 0.5) is 5.69 Å². The van der Waals surface area contributed by atoms with E-state index in [2.05, 4.69) is 15.3 Å². The summed E-state index contributed by atoms with van der Waals surface area (Å²) >= 11 is 0. The highest BCUT2D eigenvalue weighted by molar-refractivity contribution is 6.10. The maximum Gasteiger partial charge on any atom is 0.276 e. The number of imidazole rings is 1. The lowest BCUT2D eigenvalue weighted by atomic mass is 10.1. The van der Waals surface area contributed by atoms with Gasteiger partial charge in [0.2, 0.25) is 0 Å². The van der Waals surface area contributed by atoms with Crippen LogP contribution in [0.1, 0.15) is 32.1 Å². The van der Waals surface area contributed by atoms with Crippen molar-refractivity contribution in [2.24, 2.45) is 0 Å². The SMILES string of the molecule is Cc1ccc(NC(=O)c2nc[nH]c2C(=O)N2CCOCC2)c(C)c1. The lowest BCUT2D eigenvalue weighted by Gasteiger charge is -2.26. The van der Waals surface area contributed by atoms with Crippen molar-refractivity contribution in [1.82, 2.24) is 14.9 Å². The fraction of sp³-hybridized carbons (Fsp3) is 0.353. The summed E-state index contributed by atoms with van der Waals surface area (Å²) in [6.45, 7) is 5.94. The number of carbonyl (C=O) groups excluding carboxylic acids is 2. The quantitative estimate of drug-likeness (QED) is 0.898. The topological polar surface area (TPSA) is 87.3 Å². The Morgan fingerprint density at radius 2 is 2.00 bits per heavy atom. The number of hydrogen-bond acceptors (Lipinski definition) is 4. The van der Waals surface area contributed by atoms with E-state index >= 15 is 0 Å². The molecule has 7 heteroatoms. The van der Waals surface area contributed by atoms with Crippen molar-refractivity contribution in [1.29, 1.82) is 0 Å². The van der Waals surface area contributed by atoms with Gasteiger partial charge in [-0.3, -0.25) is 9.59 Å². The van der Waals surface area contributed by atoms with Gasteiger partial charge in [-0.05, 0) is 25.5 Å². The molecular weight excluding hydrogens is 308 g/mol. The van der Waals surface area contributed by atoms with Crippen molar-refractivity contribution >= 4 is 17.5 Å². The fourth-order valence-electron chi connectivity index (χ4n) is 2.69. The summed E-state index contributed by atoms with van der Waals surface area (Å²) in [5.41, 5.74) is 3.09. The Labute approximate surface area is 140 Å². The predicted molar refractivity (Wildman–Crippen MR) is 89.2 cm³/mol. The zero-order valence-electron chi connectivity index (χ0n) is 13.8. The molecule has 2 heterocycles. The molecule has 0 saturated carbocycles. The van der Waals surface area contributed by atoms with E-state index < -0.39 is 5.91 Å². The van der Waals surface area contributed by atoms with Crippen LogP contribution >= 0.6 is 0 Å². The maximum atomic E-state index is 12.6. The van der Waals surface area contributed by atoms with E-state index in [0.717, 1.165) is 11.1 Å². The van der Waals surface area contributed by atoms with Crippen molar-refractivity contribution in [2.75, 3.05) is 31.6 Å². The second-order valence-corrected chi connectivity index (χ2v) is 5.80. The second-order valence-electron chi connectivity index (χ2n) is 5.80. The Morgan fingerprint density at radius 1 is 1.25 bits per heavy atom. The largest absolute Gasteiger partial charge is 0.378 e. The molecule has 3 rings (SSSR count). The Hall–Kier alpha value is -2.67. The van der Waals surface area contributed by atoms with Gasteiger partial charge in [-0.25, -0.2) is 4.98 Å². The predicted octanol–water partition coefficient (Wildman–Crippen LogP) is 1.75. The molecule has 0 aliphatic carbocycles. The number of ether oxygens (including phenoxy) is 1. The highest BCUT2D eigenvalue weighted by atomic mass is 16.5. The number of amides is 2. The van der Waals surface area contributed by atoms with E-state index in [1.54, 1.807) is 4.90 Å². The molecule has 0 unspecified atom stereocenters. The first-order valence-electron chi connectivity index (χ1n) is 7.85. The Balaban J connectivity index is 1.78. The number of carbonyl (C=O) groups is 2. The van der Waals surface area contributed by atoms with Gasteiger partial charge < -0.3 is 19.9 Å². The number of morpholine rings is 1. The number of nitrogens with one attached hydrogen (secondary N) is 2. The van der Waals surface area contributed by atoms with Crippen molar-refractivity contribution in [2.45, 2.75) is 13.8 Å². The first-order chi connectivity index (χ1) is 11.6. The van der Waals surface area contributed by atoms with E-state index in [1.807, 2.05) is 32.0 Å². The zero-order chi connectivity index (χ0) is 17.1. The number of aryl methyl sites for hydroxylation is 2. The molecule has 2 aromatic rings. The molecule has 0 spiro atoms. The first-order valence-corrected chi connectivity index (χ1v) is 7.85. The molecule has 2 amide bonds. The normalized spacial score (nSPS) is 14.5. The number of anilines is 1. The van der Waals surface area contributed by atoms with Gasteiger partial charge in [0.15, 0.2) is 5.69 Å². The van der Waals surface area contributed by atoms with Crippen LogP contribution in [0.2, 0.25) is 0 Å². The van der Waals surface area contributed by atoms with Gasteiger partial charge in [0.25, 0.3) is 11.8 Å². The lowest BCUT2D eigenvalue weighted by molar-refractivity contribution is 0.0298. The van der Waals surface area contributed by atoms with Crippen LogP contribution in [0.5, 0.6) is 0 Å². The zero-order valence-corrected chi connectivity index (χ0v) is 13.8. The maximum absolute atomic E-state index is 12.6. The second kappa shape index (κ2) is 6.84. The number of H-pyrrole nitrogens is 1. The van der Waals surface area contributed by atoms with Crippen molar-refractivity contribution in [3.05, 3.63) is 47.0 Å². The molecule has 126 valence electrons. The van der Waals surface area contributed by atoms with Gasteiger partial charge >= 0.3 is 0 Å². The summed E-state index contributed by atoms with van der Waals surface area (Å²) in [6, 6.07) is 5.76. The van der Waals surface area contributed by atoms with Crippen LogP contribution < -0.4 is 5.32 Å². The summed E-state index contributed by atoms with van der Waals surface area (Å²) in [7, 11) is 0. The third-order valence-corrected chi connectivity index (χ3v) is 4.00. The van der Waals surface area contributed by atoms with Crippen molar-refractivity contribution in [3.8, 4) is 0 Å². The van der Waals surface area contributed by atoms with Crippen molar-refractivity contribution in [3.63, 3.8) is 0 Å². The van der Waals surface area contributed by atoms with Crippen LogP contribution in [0.25, 0.3) is 0 Å². The highest BCUT2D eigenvalue weighted by Crippen LogP contribution is 2.18. The Kier molecular flexibility index (Phi) is 4.61. The molecule has 1 saturated heterocycles. The van der Waals surface area contributed by atoms with Gasteiger partial charge in [-0.2, -0.15) is 0 Å². The van der Waals surface area contributed by atoms with E-state index in [-0.39, 0.29) is 17.3 Å². The van der Waals surface area contributed by atoms with Gasteiger partial charge in [-0.15, -0.1) is 0 Å². The molecule has 1 aliphatic rings. The van der Waals surface area contributed by atoms with Gasteiger partial charge in [-0.1, -0.05) is 17.7 Å². The van der Waals surface area contributed by atoms with Crippen molar-refractivity contribution < 1.29 is 14.3 Å². The number of hydrogen-bond donors (Lipinski definition) is 2. The molecule has 0 radical (unpaired) electrons. The molecule has 0 atom stereocenters. The molecule has 1 aromatic heterocycles. The van der Waals surface area contributed by atoms with Gasteiger partial charge in [0, 0.05) is 18.8 Å². The summed E-state index contributed by atoms with van der Waals surface area (Å²) in [5, 5.41) is 2.82. The minimum absolute atomic E-state index is 0.103. The smallest absolute Gasteiger partial charge is 0.276 e. The molecule has 2 N–H and O–H groups in total. The Morgan fingerprint density at radius 3 is 2.71 bits per heavy atom. The monoisotopic (exact) mass is 328 g/mol. The molecule has 1 aromatic carbocycles. The Bertz CT molecular complexity index is 763. The van der Waals surface area contributed by atoms with Gasteiger partial charge in [0.1, 0.15) is 5.69 Å². The standard InChI is InChI=1S/C17H20N4O3/c1-11-3-4-13(12(2)9-11)20-16(22)14-15(19-10-18-14)17(23)21-5-7-24-8-6-21/h3-4,9-10H,5-8H2,1-2H3,(H,18,19)(H,20,22). The summed E-state index contributed by atoms with van der Waals surface area (Å²) in [5.74, 6) is -0.638. The average molecular weight is 328 g/mol. The lowest BCUT2D eigenvalue weighted by Crippen LogP contribution is -2.41. The van der Waals surface area contributed by atoms with E-state index in [1.165, 1.54) is 6.33 Å². The number of nitrogens with zero attached hydrogens (tertiary/aromatic N) is 2. The minimum Gasteiger partial charge on any atom is -0.378 e. The van der Waals surface area contributed by atoms with Crippen LogP contribution in [-0.4, -0.2) is 53.0 Å². The van der Waals surface area contributed by atoms with E-state index in [0.29, 0.717) is 32.0 Å². The molecular formula is C17H20N4O3. The van der Waals surface area contributed by atoms with Gasteiger partial charge in [0.05, 0.1) is 19.5 Å². The van der Waals surface area contributed by atoms with E-state index in [4.69, 9.17) is 4.74 Å². The molecule has 24 heavy (non-hydrogen) atoms. The number of aromatic amines is 1. The highest BCUT2D eigenvalue weighted by Gasteiger charge is 2.26. The summed E-state index contributed by atoms with van der Waals surface area (Å²) in [4.78, 5) is 33.6. The average Bonchev–Trinajstić information content (AvgIpc) is 3.07. The summed E-state index contributed by atoms with van der Waals surface area (Å²) < 4.78 is 5.25. The van der Waals surface area contributed by atoms with Crippen LogP contribution in [0.15, 0.2) is 24.5 Å². The molecule has 1 aliphatic heterocycles. The number of benzene rings is 1.